The summed E-state index contributed by atoms with van der Waals surface area (Å²) in [6, 6.07) is 4.27. The zero-order chi connectivity index (χ0) is 14.0. The zero-order valence-corrected chi connectivity index (χ0v) is 10.8. The minimum Gasteiger partial charge on any atom is -0.337 e. The van der Waals surface area contributed by atoms with Crippen LogP contribution in [0, 0.1) is 0 Å². The molecule has 0 aliphatic carbocycles. The van der Waals surface area contributed by atoms with Crippen LogP contribution in [0.1, 0.15) is 28.8 Å². The van der Waals surface area contributed by atoms with E-state index in [0.29, 0.717) is 13.1 Å². The topological polar surface area (TPSA) is 20.3 Å². The van der Waals surface area contributed by atoms with Gasteiger partial charge in [-0.05, 0) is 37.1 Å². The summed E-state index contributed by atoms with van der Waals surface area (Å²) < 4.78 is 37.2. The highest BCUT2D eigenvalue weighted by Crippen LogP contribution is 2.29. The third-order valence-electron chi connectivity index (χ3n) is 3.11. The van der Waals surface area contributed by atoms with E-state index in [1.165, 1.54) is 12.1 Å². The van der Waals surface area contributed by atoms with Crippen molar-refractivity contribution in [1.29, 1.82) is 0 Å². The van der Waals surface area contributed by atoms with E-state index in [-0.39, 0.29) is 16.8 Å². The third-order valence-corrected chi connectivity index (χ3v) is 3.47. The summed E-state index contributed by atoms with van der Waals surface area (Å²) in [5.74, 6) is -0.265. The van der Waals surface area contributed by atoms with Crippen molar-refractivity contribution >= 4 is 17.5 Å². The number of alkyl halides is 4. The molecule has 1 aromatic rings. The van der Waals surface area contributed by atoms with Crippen LogP contribution in [0.25, 0.3) is 0 Å². The van der Waals surface area contributed by atoms with E-state index >= 15 is 0 Å². The fourth-order valence-corrected chi connectivity index (χ4v) is 2.42. The van der Waals surface area contributed by atoms with Gasteiger partial charge in [0.1, 0.15) is 0 Å². The van der Waals surface area contributed by atoms with E-state index in [1.54, 1.807) is 4.90 Å². The van der Waals surface area contributed by atoms with Gasteiger partial charge in [-0.3, -0.25) is 4.79 Å². The Bertz CT molecular complexity index is 458. The molecular weight excluding hydrogens is 279 g/mol. The lowest BCUT2D eigenvalue weighted by atomic mass is 10.1. The zero-order valence-electron chi connectivity index (χ0n) is 10.1. The normalized spacial score (nSPS) is 20.4. The van der Waals surface area contributed by atoms with Gasteiger partial charge in [0.25, 0.3) is 5.91 Å². The minimum absolute atomic E-state index is 0.0767. The number of piperidine rings is 1. The Morgan fingerprint density at radius 3 is 2.42 bits per heavy atom. The lowest BCUT2D eigenvalue weighted by Crippen LogP contribution is -2.40. The van der Waals surface area contributed by atoms with Crippen molar-refractivity contribution in [1.82, 2.24) is 4.90 Å². The van der Waals surface area contributed by atoms with Crippen LogP contribution in [0.5, 0.6) is 0 Å². The number of hydrogen-bond acceptors (Lipinski definition) is 1. The van der Waals surface area contributed by atoms with Crippen molar-refractivity contribution in [2.45, 2.75) is 24.4 Å². The highest BCUT2D eigenvalue weighted by molar-refractivity contribution is 6.21. The molecule has 1 aliphatic heterocycles. The Labute approximate surface area is 114 Å². The first-order chi connectivity index (χ1) is 8.88. The number of rotatable bonds is 1. The molecule has 19 heavy (non-hydrogen) atoms. The lowest BCUT2D eigenvalue weighted by Gasteiger charge is -2.29. The summed E-state index contributed by atoms with van der Waals surface area (Å²) in [5, 5.41) is -0.0767. The van der Waals surface area contributed by atoms with Crippen LogP contribution in [-0.4, -0.2) is 29.3 Å². The second-order valence-corrected chi connectivity index (χ2v) is 5.18. The van der Waals surface area contributed by atoms with Gasteiger partial charge in [-0.2, -0.15) is 13.2 Å². The van der Waals surface area contributed by atoms with Crippen molar-refractivity contribution in [3.05, 3.63) is 35.4 Å². The standard InChI is InChI=1S/C13H13ClF3NO/c14-11-2-1-7-18(8-11)12(19)9-3-5-10(6-4-9)13(15,16)17/h3-6,11H,1-2,7-8H2. The molecule has 2 nitrogen and oxygen atoms in total. The second kappa shape index (κ2) is 5.41. The number of benzene rings is 1. The molecule has 1 unspecified atom stereocenters. The van der Waals surface area contributed by atoms with Gasteiger partial charge in [-0.15, -0.1) is 11.6 Å². The lowest BCUT2D eigenvalue weighted by molar-refractivity contribution is -0.137. The van der Waals surface area contributed by atoms with Crippen LogP contribution in [-0.2, 0) is 6.18 Å². The van der Waals surface area contributed by atoms with Gasteiger partial charge in [0.15, 0.2) is 0 Å². The molecule has 0 spiro atoms. The summed E-state index contributed by atoms with van der Waals surface area (Å²) in [7, 11) is 0. The number of amides is 1. The number of carbonyl (C=O) groups excluding carboxylic acids is 1. The fourth-order valence-electron chi connectivity index (χ4n) is 2.09. The monoisotopic (exact) mass is 291 g/mol. The van der Waals surface area contributed by atoms with Crippen LogP contribution in [0.2, 0.25) is 0 Å². The van der Waals surface area contributed by atoms with Gasteiger partial charge in [0, 0.05) is 18.7 Å². The molecule has 0 bridgehead atoms. The average molecular weight is 292 g/mol. The Hall–Kier alpha value is -1.23. The molecular formula is C13H13ClF3NO. The van der Waals surface area contributed by atoms with Crippen molar-refractivity contribution < 1.29 is 18.0 Å². The minimum atomic E-state index is -4.38. The van der Waals surface area contributed by atoms with E-state index in [1.807, 2.05) is 0 Å². The van der Waals surface area contributed by atoms with E-state index in [0.717, 1.165) is 25.0 Å². The first-order valence-electron chi connectivity index (χ1n) is 5.98. The van der Waals surface area contributed by atoms with Gasteiger partial charge in [0.05, 0.1) is 10.9 Å². The largest absolute Gasteiger partial charge is 0.416 e. The first kappa shape index (κ1) is 14.2. The van der Waals surface area contributed by atoms with Gasteiger partial charge in [-0.1, -0.05) is 0 Å². The summed E-state index contributed by atoms with van der Waals surface area (Å²) in [6.45, 7) is 1.05. The van der Waals surface area contributed by atoms with Gasteiger partial charge >= 0.3 is 6.18 Å². The molecule has 1 aromatic carbocycles. The molecule has 1 amide bonds. The maximum Gasteiger partial charge on any atom is 0.416 e. The molecule has 104 valence electrons. The maximum absolute atomic E-state index is 12.4. The molecule has 0 radical (unpaired) electrons. The number of carbonyl (C=O) groups is 1. The van der Waals surface area contributed by atoms with Crippen LogP contribution >= 0.6 is 11.6 Å². The first-order valence-corrected chi connectivity index (χ1v) is 6.42. The average Bonchev–Trinajstić information content (AvgIpc) is 2.37. The predicted octanol–water partition coefficient (Wildman–Crippen LogP) is 3.55. The molecule has 1 heterocycles. The van der Waals surface area contributed by atoms with Gasteiger partial charge in [-0.25, -0.2) is 0 Å². The third kappa shape index (κ3) is 3.41. The molecule has 0 aromatic heterocycles. The van der Waals surface area contributed by atoms with Crippen molar-refractivity contribution in [3.8, 4) is 0 Å². The van der Waals surface area contributed by atoms with Crippen molar-refractivity contribution in [3.63, 3.8) is 0 Å². The van der Waals surface area contributed by atoms with E-state index in [9.17, 15) is 18.0 Å². The van der Waals surface area contributed by atoms with E-state index in [2.05, 4.69) is 0 Å². The van der Waals surface area contributed by atoms with Crippen LogP contribution in [0.4, 0.5) is 13.2 Å². The van der Waals surface area contributed by atoms with Crippen LogP contribution in [0.15, 0.2) is 24.3 Å². The van der Waals surface area contributed by atoms with Crippen LogP contribution in [0.3, 0.4) is 0 Å². The maximum atomic E-state index is 12.4. The molecule has 1 aliphatic rings. The Kier molecular flexibility index (Phi) is 4.04. The summed E-state index contributed by atoms with van der Waals surface area (Å²) in [5.41, 5.74) is -0.489. The van der Waals surface area contributed by atoms with Crippen LogP contribution < -0.4 is 0 Å². The highest BCUT2D eigenvalue weighted by atomic mass is 35.5. The Morgan fingerprint density at radius 1 is 1.26 bits per heavy atom. The molecule has 1 saturated heterocycles. The van der Waals surface area contributed by atoms with E-state index < -0.39 is 11.7 Å². The molecule has 1 atom stereocenters. The SMILES string of the molecule is O=C(c1ccc(C(F)(F)F)cc1)N1CCCC(Cl)C1. The van der Waals surface area contributed by atoms with Crippen molar-refractivity contribution in [2.75, 3.05) is 13.1 Å². The summed E-state index contributed by atoms with van der Waals surface area (Å²) >= 11 is 5.99. The Balaban J connectivity index is 2.11. The molecule has 0 saturated carbocycles. The highest BCUT2D eigenvalue weighted by Gasteiger charge is 2.30. The van der Waals surface area contributed by atoms with Crippen molar-refractivity contribution in [2.24, 2.45) is 0 Å². The molecule has 0 N–H and O–H groups in total. The van der Waals surface area contributed by atoms with Gasteiger partial charge < -0.3 is 4.90 Å². The summed E-state index contributed by atoms with van der Waals surface area (Å²) in [4.78, 5) is 13.7. The quantitative estimate of drug-likeness (QED) is 0.725. The van der Waals surface area contributed by atoms with E-state index in [4.69, 9.17) is 11.6 Å². The number of halogens is 4. The second-order valence-electron chi connectivity index (χ2n) is 4.57. The molecule has 6 heteroatoms. The predicted molar refractivity (Wildman–Crippen MR) is 66.2 cm³/mol. The number of hydrogen-bond donors (Lipinski definition) is 0. The molecule has 2 rings (SSSR count). The number of nitrogens with zero attached hydrogens (tertiary/aromatic N) is 1. The Morgan fingerprint density at radius 2 is 1.89 bits per heavy atom. The fraction of sp³-hybridized carbons (Fsp3) is 0.462. The summed E-state index contributed by atoms with van der Waals surface area (Å²) in [6.07, 6.45) is -2.70. The number of likely N-dealkylation sites (tertiary alicyclic amines) is 1. The smallest absolute Gasteiger partial charge is 0.337 e. The molecule has 1 fully saturated rings. The van der Waals surface area contributed by atoms with Gasteiger partial charge in [0.2, 0.25) is 0 Å².